The normalized spacial score (nSPS) is 9.64. The molecule has 1 nitrogen and oxygen atoms in total. The molecule has 0 unspecified atom stereocenters. The van der Waals surface area contributed by atoms with Crippen molar-refractivity contribution >= 4 is 18.3 Å². The van der Waals surface area contributed by atoms with Gasteiger partial charge in [-0.1, -0.05) is 12.1 Å². The predicted molar refractivity (Wildman–Crippen MR) is 50.8 cm³/mol. The van der Waals surface area contributed by atoms with Crippen LogP contribution >= 0.6 is 12.6 Å². The molecule has 0 heterocycles. The average Bonchev–Trinajstić information content (AvgIpc) is 1.85. The zero-order valence-corrected chi connectivity index (χ0v) is 7.36. The third kappa shape index (κ3) is 2.76. The Balaban J connectivity index is 2.79. The van der Waals surface area contributed by atoms with Gasteiger partial charge in [-0.25, -0.2) is 0 Å². The first-order valence-electron chi connectivity index (χ1n) is 3.50. The minimum atomic E-state index is 0.684. The van der Waals surface area contributed by atoms with Crippen LogP contribution in [0.15, 0.2) is 29.2 Å². The van der Waals surface area contributed by atoms with Crippen molar-refractivity contribution in [2.24, 2.45) is 0 Å². The highest BCUT2D eigenvalue weighted by Gasteiger charge is 1.93. The van der Waals surface area contributed by atoms with Crippen molar-refractivity contribution in [2.75, 3.05) is 0 Å². The molecule has 0 saturated heterocycles. The van der Waals surface area contributed by atoms with Gasteiger partial charge in [0.2, 0.25) is 0 Å². The first-order chi connectivity index (χ1) is 5.18. The molecule has 0 aliphatic heterocycles. The van der Waals surface area contributed by atoms with Gasteiger partial charge in [0, 0.05) is 17.0 Å². The SMILES string of the molecule is CC(=N)Cc1cccc(S)c1. The second-order valence-corrected chi connectivity index (χ2v) is 3.14. The molecule has 0 radical (unpaired) electrons. The summed E-state index contributed by atoms with van der Waals surface area (Å²) in [6, 6.07) is 7.89. The van der Waals surface area contributed by atoms with Crippen LogP contribution in [-0.4, -0.2) is 5.71 Å². The zero-order valence-electron chi connectivity index (χ0n) is 6.46. The second kappa shape index (κ2) is 3.58. The lowest BCUT2D eigenvalue weighted by atomic mass is 10.1. The average molecular weight is 165 g/mol. The molecule has 11 heavy (non-hydrogen) atoms. The van der Waals surface area contributed by atoms with Gasteiger partial charge in [-0.05, 0) is 24.6 Å². The van der Waals surface area contributed by atoms with Crippen LogP contribution in [0.5, 0.6) is 0 Å². The van der Waals surface area contributed by atoms with Crippen molar-refractivity contribution < 1.29 is 0 Å². The minimum absolute atomic E-state index is 0.684. The molecule has 0 bridgehead atoms. The van der Waals surface area contributed by atoms with E-state index in [1.165, 1.54) is 0 Å². The standard InChI is InChI=1S/C9H11NS/c1-7(10)5-8-3-2-4-9(11)6-8/h2-4,6,10-11H,5H2,1H3. The van der Waals surface area contributed by atoms with Crippen LogP contribution in [-0.2, 0) is 6.42 Å². The lowest BCUT2D eigenvalue weighted by molar-refractivity contribution is 1.24. The maximum atomic E-state index is 7.28. The summed E-state index contributed by atoms with van der Waals surface area (Å²) in [5, 5.41) is 7.28. The molecule has 1 N–H and O–H groups in total. The Morgan fingerprint density at radius 2 is 2.27 bits per heavy atom. The minimum Gasteiger partial charge on any atom is -0.310 e. The summed E-state index contributed by atoms with van der Waals surface area (Å²) in [6.07, 6.45) is 0.731. The molecular formula is C9H11NS. The van der Waals surface area contributed by atoms with Gasteiger partial charge in [-0.15, -0.1) is 12.6 Å². The fraction of sp³-hybridized carbons (Fsp3) is 0.222. The molecule has 0 aliphatic rings. The van der Waals surface area contributed by atoms with E-state index in [9.17, 15) is 0 Å². The van der Waals surface area contributed by atoms with Crippen LogP contribution in [0, 0.1) is 5.41 Å². The van der Waals surface area contributed by atoms with Crippen LogP contribution in [0.4, 0.5) is 0 Å². The Bertz CT molecular complexity index is 268. The fourth-order valence-electron chi connectivity index (χ4n) is 0.973. The van der Waals surface area contributed by atoms with Gasteiger partial charge >= 0.3 is 0 Å². The molecule has 1 aromatic carbocycles. The molecule has 58 valence electrons. The smallest absolute Gasteiger partial charge is 0.0102 e. The quantitative estimate of drug-likeness (QED) is 0.497. The van der Waals surface area contributed by atoms with E-state index in [1.807, 2.05) is 31.2 Å². The molecule has 0 aliphatic carbocycles. The van der Waals surface area contributed by atoms with Gasteiger partial charge in [0.15, 0.2) is 0 Å². The summed E-state index contributed by atoms with van der Waals surface area (Å²) in [5.74, 6) is 0. The van der Waals surface area contributed by atoms with Gasteiger partial charge in [0.1, 0.15) is 0 Å². The Hall–Kier alpha value is -0.760. The molecule has 0 spiro atoms. The highest BCUT2D eigenvalue weighted by molar-refractivity contribution is 7.80. The van der Waals surface area contributed by atoms with E-state index in [-0.39, 0.29) is 0 Å². The predicted octanol–water partition coefficient (Wildman–Crippen LogP) is 2.56. The van der Waals surface area contributed by atoms with Crippen LogP contribution < -0.4 is 0 Å². The summed E-state index contributed by atoms with van der Waals surface area (Å²) in [4.78, 5) is 0.962. The van der Waals surface area contributed by atoms with Gasteiger partial charge in [0.25, 0.3) is 0 Å². The highest BCUT2D eigenvalue weighted by Crippen LogP contribution is 2.09. The van der Waals surface area contributed by atoms with Gasteiger partial charge < -0.3 is 5.41 Å². The first kappa shape index (κ1) is 8.34. The van der Waals surface area contributed by atoms with E-state index < -0.39 is 0 Å². The Labute approximate surface area is 72.4 Å². The van der Waals surface area contributed by atoms with Gasteiger partial charge in [0.05, 0.1) is 0 Å². The van der Waals surface area contributed by atoms with Crippen LogP contribution in [0.3, 0.4) is 0 Å². The fourth-order valence-corrected chi connectivity index (χ4v) is 1.22. The number of nitrogens with one attached hydrogen (secondary N) is 1. The number of hydrogen-bond acceptors (Lipinski definition) is 2. The van der Waals surface area contributed by atoms with Crippen molar-refractivity contribution in [1.29, 1.82) is 5.41 Å². The number of thiol groups is 1. The van der Waals surface area contributed by atoms with E-state index >= 15 is 0 Å². The summed E-state index contributed by atoms with van der Waals surface area (Å²) in [5.41, 5.74) is 1.84. The third-order valence-corrected chi connectivity index (χ3v) is 1.66. The summed E-state index contributed by atoms with van der Waals surface area (Å²) in [6.45, 7) is 1.81. The van der Waals surface area contributed by atoms with Crippen molar-refractivity contribution in [1.82, 2.24) is 0 Å². The van der Waals surface area contributed by atoms with E-state index in [2.05, 4.69) is 12.6 Å². The first-order valence-corrected chi connectivity index (χ1v) is 3.95. The second-order valence-electron chi connectivity index (χ2n) is 2.63. The maximum Gasteiger partial charge on any atom is 0.0102 e. The molecule has 1 aromatic rings. The van der Waals surface area contributed by atoms with Crippen molar-refractivity contribution in [2.45, 2.75) is 18.2 Å². The molecular weight excluding hydrogens is 154 g/mol. The Kier molecular flexibility index (Phi) is 2.71. The summed E-state index contributed by atoms with van der Waals surface area (Å²) >= 11 is 4.21. The highest BCUT2D eigenvalue weighted by atomic mass is 32.1. The zero-order chi connectivity index (χ0) is 8.27. The topological polar surface area (TPSA) is 23.9 Å². The summed E-state index contributed by atoms with van der Waals surface area (Å²) < 4.78 is 0. The third-order valence-electron chi connectivity index (χ3n) is 1.38. The molecule has 0 aromatic heterocycles. The van der Waals surface area contributed by atoms with Crippen molar-refractivity contribution in [3.8, 4) is 0 Å². The lowest BCUT2D eigenvalue weighted by Crippen LogP contribution is -1.94. The molecule has 0 amide bonds. The van der Waals surface area contributed by atoms with Gasteiger partial charge in [-0.2, -0.15) is 0 Å². The molecule has 2 heteroatoms. The maximum absolute atomic E-state index is 7.28. The van der Waals surface area contributed by atoms with Gasteiger partial charge in [-0.3, -0.25) is 0 Å². The number of benzene rings is 1. The van der Waals surface area contributed by atoms with Crippen LogP contribution in [0.25, 0.3) is 0 Å². The van der Waals surface area contributed by atoms with Crippen LogP contribution in [0.2, 0.25) is 0 Å². The molecule has 0 fully saturated rings. The van der Waals surface area contributed by atoms with Crippen molar-refractivity contribution in [3.63, 3.8) is 0 Å². The number of rotatable bonds is 2. The Morgan fingerprint density at radius 1 is 1.55 bits per heavy atom. The van der Waals surface area contributed by atoms with Crippen LogP contribution in [0.1, 0.15) is 12.5 Å². The lowest BCUT2D eigenvalue weighted by Gasteiger charge is -1.98. The molecule has 0 atom stereocenters. The summed E-state index contributed by atoms with van der Waals surface area (Å²) in [7, 11) is 0. The van der Waals surface area contributed by atoms with E-state index in [4.69, 9.17) is 5.41 Å². The molecule has 0 saturated carbocycles. The van der Waals surface area contributed by atoms with E-state index in [0.717, 1.165) is 16.9 Å². The van der Waals surface area contributed by atoms with E-state index in [1.54, 1.807) is 0 Å². The van der Waals surface area contributed by atoms with E-state index in [0.29, 0.717) is 5.71 Å². The number of hydrogen-bond donors (Lipinski definition) is 2. The van der Waals surface area contributed by atoms with Crippen molar-refractivity contribution in [3.05, 3.63) is 29.8 Å². The Morgan fingerprint density at radius 3 is 2.82 bits per heavy atom. The monoisotopic (exact) mass is 165 g/mol. The molecule has 1 rings (SSSR count). The largest absolute Gasteiger partial charge is 0.310 e.